The standard InChI is InChI=1S/C26H31N3O4/c1-28(26(31)19-11-7-8-12-19)17-25(30)29-23(18-9-5-4-6-10-18)16-22(27-29)21-14-13-20(32-2)15-24(21)33-3/h4-6,9-10,13-15,19,23H,7-8,11-12,16-17H2,1-3H3/t23-/m0/s1. The number of benzene rings is 2. The van der Waals surface area contributed by atoms with Crippen molar-refractivity contribution in [2.45, 2.75) is 38.1 Å². The second-order valence-electron chi connectivity index (χ2n) is 8.66. The Labute approximate surface area is 195 Å². The Hall–Kier alpha value is -3.35. The Balaban J connectivity index is 1.60. The number of methoxy groups -OCH3 is 2. The fourth-order valence-electron chi connectivity index (χ4n) is 4.71. The SMILES string of the molecule is COc1ccc(C2=NN(C(=O)CN(C)C(=O)C3CCCC3)[C@H](c3ccccc3)C2)c(OC)c1. The van der Waals surface area contributed by atoms with Crippen LogP contribution < -0.4 is 9.47 Å². The Morgan fingerprint density at radius 2 is 1.79 bits per heavy atom. The summed E-state index contributed by atoms with van der Waals surface area (Å²) in [4.78, 5) is 27.7. The van der Waals surface area contributed by atoms with E-state index in [-0.39, 0.29) is 30.3 Å². The van der Waals surface area contributed by atoms with Crippen LogP contribution in [0.3, 0.4) is 0 Å². The highest BCUT2D eigenvalue weighted by Crippen LogP contribution is 2.36. The molecule has 1 aliphatic carbocycles. The summed E-state index contributed by atoms with van der Waals surface area (Å²) in [5.41, 5.74) is 2.59. The number of hydrazone groups is 1. The molecule has 1 fully saturated rings. The van der Waals surface area contributed by atoms with Gasteiger partial charge in [-0.25, -0.2) is 5.01 Å². The van der Waals surface area contributed by atoms with Gasteiger partial charge in [0.1, 0.15) is 18.0 Å². The molecule has 0 unspecified atom stereocenters. The highest BCUT2D eigenvalue weighted by molar-refractivity contribution is 6.05. The lowest BCUT2D eigenvalue weighted by molar-refractivity contribution is -0.142. The minimum atomic E-state index is -0.240. The number of ether oxygens (including phenoxy) is 2. The molecule has 0 saturated heterocycles. The third kappa shape index (κ3) is 4.87. The summed E-state index contributed by atoms with van der Waals surface area (Å²) < 4.78 is 10.9. The number of carbonyl (C=O) groups is 2. The first-order valence-electron chi connectivity index (χ1n) is 11.4. The molecule has 7 nitrogen and oxygen atoms in total. The predicted octanol–water partition coefficient (Wildman–Crippen LogP) is 4.03. The topological polar surface area (TPSA) is 71.4 Å². The number of nitrogens with zero attached hydrogens (tertiary/aromatic N) is 3. The average molecular weight is 450 g/mol. The van der Waals surface area contributed by atoms with E-state index < -0.39 is 0 Å². The molecule has 0 radical (unpaired) electrons. The first-order chi connectivity index (χ1) is 16.0. The molecule has 0 spiro atoms. The van der Waals surface area contributed by atoms with Gasteiger partial charge < -0.3 is 14.4 Å². The van der Waals surface area contributed by atoms with E-state index in [0.29, 0.717) is 17.9 Å². The quantitative estimate of drug-likeness (QED) is 0.640. The molecule has 0 aromatic heterocycles. The van der Waals surface area contributed by atoms with Crippen LogP contribution >= 0.6 is 0 Å². The summed E-state index contributed by atoms with van der Waals surface area (Å²) in [7, 11) is 4.93. The lowest BCUT2D eigenvalue weighted by Crippen LogP contribution is -2.41. The van der Waals surface area contributed by atoms with Crippen molar-refractivity contribution in [1.82, 2.24) is 9.91 Å². The third-order valence-corrected chi connectivity index (χ3v) is 6.52. The predicted molar refractivity (Wildman–Crippen MR) is 126 cm³/mol. The van der Waals surface area contributed by atoms with E-state index in [4.69, 9.17) is 14.6 Å². The molecule has 174 valence electrons. The van der Waals surface area contributed by atoms with Crippen LogP contribution in [-0.4, -0.2) is 55.2 Å². The monoisotopic (exact) mass is 449 g/mol. The number of rotatable bonds is 7. The summed E-state index contributed by atoms with van der Waals surface area (Å²) in [6, 6.07) is 15.2. The van der Waals surface area contributed by atoms with E-state index in [1.807, 2.05) is 48.5 Å². The van der Waals surface area contributed by atoms with Crippen LogP contribution in [0.4, 0.5) is 0 Å². The molecule has 1 saturated carbocycles. The van der Waals surface area contributed by atoms with E-state index in [1.165, 1.54) is 5.01 Å². The number of carbonyl (C=O) groups excluding carboxylic acids is 2. The van der Waals surface area contributed by atoms with E-state index in [2.05, 4.69) is 0 Å². The number of amides is 2. The zero-order valence-electron chi connectivity index (χ0n) is 19.5. The number of hydrogen-bond donors (Lipinski definition) is 0. The van der Waals surface area contributed by atoms with Gasteiger partial charge in [0.15, 0.2) is 0 Å². The van der Waals surface area contributed by atoms with Crippen LogP contribution in [0, 0.1) is 5.92 Å². The van der Waals surface area contributed by atoms with Crippen LogP contribution in [-0.2, 0) is 9.59 Å². The van der Waals surface area contributed by atoms with Gasteiger partial charge in [0.05, 0.1) is 26.0 Å². The fourth-order valence-corrected chi connectivity index (χ4v) is 4.71. The van der Waals surface area contributed by atoms with E-state index >= 15 is 0 Å². The molecule has 0 bridgehead atoms. The molecule has 4 rings (SSSR count). The van der Waals surface area contributed by atoms with Gasteiger partial charge in [-0.2, -0.15) is 5.10 Å². The molecule has 0 N–H and O–H groups in total. The average Bonchev–Trinajstić information content (AvgIpc) is 3.54. The number of hydrogen-bond acceptors (Lipinski definition) is 5. The maximum absolute atomic E-state index is 13.4. The van der Waals surface area contributed by atoms with Crippen LogP contribution in [0.15, 0.2) is 53.6 Å². The Morgan fingerprint density at radius 3 is 2.45 bits per heavy atom. The molecular weight excluding hydrogens is 418 g/mol. The van der Waals surface area contributed by atoms with Gasteiger partial charge in [0, 0.05) is 31.0 Å². The third-order valence-electron chi connectivity index (χ3n) is 6.52. The van der Waals surface area contributed by atoms with Crippen molar-refractivity contribution in [3.63, 3.8) is 0 Å². The van der Waals surface area contributed by atoms with Crippen molar-refractivity contribution in [1.29, 1.82) is 0 Å². The molecule has 2 aromatic rings. The fraction of sp³-hybridized carbons (Fsp3) is 0.423. The summed E-state index contributed by atoms with van der Waals surface area (Å²) in [6.45, 7) is 0.00912. The minimum Gasteiger partial charge on any atom is -0.497 e. The number of likely N-dealkylation sites (N-methyl/N-ethyl adjacent to an activating group) is 1. The van der Waals surface area contributed by atoms with Gasteiger partial charge in [0.25, 0.3) is 5.91 Å². The summed E-state index contributed by atoms with van der Waals surface area (Å²) >= 11 is 0. The van der Waals surface area contributed by atoms with Gasteiger partial charge in [0.2, 0.25) is 5.91 Å². The maximum Gasteiger partial charge on any atom is 0.262 e. The van der Waals surface area contributed by atoms with Crippen LogP contribution in [0.2, 0.25) is 0 Å². The van der Waals surface area contributed by atoms with Crippen molar-refractivity contribution in [3.05, 3.63) is 59.7 Å². The molecule has 33 heavy (non-hydrogen) atoms. The first-order valence-corrected chi connectivity index (χ1v) is 11.4. The highest BCUT2D eigenvalue weighted by Gasteiger charge is 2.35. The molecule has 7 heteroatoms. The lowest BCUT2D eigenvalue weighted by atomic mass is 9.98. The van der Waals surface area contributed by atoms with E-state index in [9.17, 15) is 9.59 Å². The van der Waals surface area contributed by atoms with Crippen LogP contribution in [0.5, 0.6) is 11.5 Å². The maximum atomic E-state index is 13.4. The first kappa shape index (κ1) is 22.8. The summed E-state index contributed by atoms with van der Waals surface area (Å²) in [6.07, 6.45) is 4.54. The van der Waals surface area contributed by atoms with Crippen LogP contribution in [0.1, 0.15) is 49.3 Å². The summed E-state index contributed by atoms with van der Waals surface area (Å²) in [5, 5.41) is 6.27. The van der Waals surface area contributed by atoms with Crippen molar-refractivity contribution in [3.8, 4) is 11.5 Å². The zero-order valence-corrected chi connectivity index (χ0v) is 19.5. The second-order valence-corrected chi connectivity index (χ2v) is 8.66. The minimum absolute atomic E-state index is 0.00912. The molecule has 1 heterocycles. The Morgan fingerprint density at radius 1 is 1.06 bits per heavy atom. The van der Waals surface area contributed by atoms with Gasteiger partial charge >= 0.3 is 0 Å². The molecule has 2 amide bonds. The molecule has 1 atom stereocenters. The molecular formula is C26H31N3O4. The van der Waals surface area contributed by atoms with Crippen molar-refractivity contribution in [2.24, 2.45) is 11.0 Å². The van der Waals surface area contributed by atoms with Gasteiger partial charge in [-0.05, 0) is 30.5 Å². The molecule has 1 aliphatic heterocycles. The van der Waals surface area contributed by atoms with Gasteiger partial charge in [-0.15, -0.1) is 0 Å². The van der Waals surface area contributed by atoms with Crippen molar-refractivity contribution >= 4 is 17.5 Å². The molecule has 2 aromatic carbocycles. The van der Waals surface area contributed by atoms with Gasteiger partial charge in [-0.3, -0.25) is 9.59 Å². The van der Waals surface area contributed by atoms with E-state index in [0.717, 1.165) is 42.5 Å². The second kappa shape index (κ2) is 10.1. The van der Waals surface area contributed by atoms with Crippen LogP contribution in [0.25, 0.3) is 0 Å². The highest BCUT2D eigenvalue weighted by atomic mass is 16.5. The van der Waals surface area contributed by atoms with Crippen molar-refractivity contribution in [2.75, 3.05) is 27.8 Å². The largest absolute Gasteiger partial charge is 0.497 e. The summed E-state index contributed by atoms with van der Waals surface area (Å²) in [5.74, 6) is 1.22. The molecule has 2 aliphatic rings. The zero-order chi connectivity index (χ0) is 23.4. The Bertz CT molecular complexity index is 1030. The normalized spacial score (nSPS) is 18.2. The van der Waals surface area contributed by atoms with Gasteiger partial charge in [-0.1, -0.05) is 43.2 Å². The smallest absolute Gasteiger partial charge is 0.262 e. The Kier molecular flexibility index (Phi) is 6.96. The van der Waals surface area contributed by atoms with Crippen molar-refractivity contribution < 1.29 is 19.1 Å². The lowest BCUT2D eigenvalue weighted by Gasteiger charge is -2.26. The van der Waals surface area contributed by atoms with E-state index in [1.54, 1.807) is 26.2 Å².